The number of morpholine rings is 1. The number of rotatable bonds is 3. The third-order valence-corrected chi connectivity index (χ3v) is 5.88. The van der Waals surface area contributed by atoms with Crippen LogP contribution in [0.3, 0.4) is 0 Å². The van der Waals surface area contributed by atoms with E-state index in [1.54, 1.807) is 0 Å². The van der Waals surface area contributed by atoms with E-state index < -0.39 is 0 Å². The molecule has 2 aliphatic heterocycles. The maximum atomic E-state index is 12.9. The summed E-state index contributed by atoms with van der Waals surface area (Å²) in [6.45, 7) is 3.98. The molecule has 2 saturated heterocycles. The first-order chi connectivity index (χ1) is 11.8. The van der Waals surface area contributed by atoms with Crippen LogP contribution in [-0.2, 0) is 9.53 Å². The number of aromatic amines is 1. The SMILES string of the molecule is O=C(CN1CCCC(c2ccn[nH]2)C1)N1CCOC2CCCCC21. The molecule has 1 aromatic heterocycles. The highest BCUT2D eigenvalue weighted by Crippen LogP contribution is 2.29. The third-order valence-electron chi connectivity index (χ3n) is 5.88. The van der Waals surface area contributed by atoms with E-state index in [1.807, 2.05) is 6.20 Å². The average Bonchev–Trinajstić information content (AvgIpc) is 3.16. The Labute approximate surface area is 143 Å². The lowest BCUT2D eigenvalue weighted by Crippen LogP contribution is -2.57. The Hall–Kier alpha value is -1.40. The molecule has 3 heterocycles. The fourth-order valence-corrected chi connectivity index (χ4v) is 4.64. The van der Waals surface area contributed by atoms with E-state index in [-0.39, 0.29) is 6.10 Å². The molecule has 3 fully saturated rings. The molecule has 6 heteroatoms. The Morgan fingerprint density at radius 1 is 1.25 bits per heavy atom. The lowest BCUT2D eigenvalue weighted by molar-refractivity contribution is -0.150. The van der Waals surface area contributed by atoms with Gasteiger partial charge in [0.25, 0.3) is 0 Å². The molecule has 0 radical (unpaired) electrons. The van der Waals surface area contributed by atoms with Crippen LogP contribution >= 0.6 is 0 Å². The van der Waals surface area contributed by atoms with Gasteiger partial charge in [0.2, 0.25) is 5.91 Å². The number of nitrogens with one attached hydrogen (secondary N) is 1. The molecule has 1 saturated carbocycles. The van der Waals surface area contributed by atoms with Gasteiger partial charge in [-0.05, 0) is 38.3 Å². The van der Waals surface area contributed by atoms with Crippen molar-refractivity contribution in [2.75, 3.05) is 32.8 Å². The predicted octanol–water partition coefficient (Wildman–Crippen LogP) is 1.76. The molecule has 1 N–H and O–H groups in total. The zero-order valence-corrected chi connectivity index (χ0v) is 14.3. The van der Waals surface area contributed by atoms with E-state index in [4.69, 9.17) is 4.74 Å². The molecule has 0 bridgehead atoms. The van der Waals surface area contributed by atoms with Crippen LogP contribution in [0, 0.1) is 0 Å². The van der Waals surface area contributed by atoms with Crippen LogP contribution in [0.25, 0.3) is 0 Å². The number of ether oxygens (including phenoxy) is 1. The number of amides is 1. The van der Waals surface area contributed by atoms with E-state index in [9.17, 15) is 4.79 Å². The van der Waals surface area contributed by atoms with Gasteiger partial charge < -0.3 is 9.64 Å². The molecule has 3 atom stereocenters. The Bertz CT molecular complexity index is 545. The number of hydrogen-bond donors (Lipinski definition) is 1. The second kappa shape index (κ2) is 7.23. The van der Waals surface area contributed by atoms with Crippen molar-refractivity contribution in [3.05, 3.63) is 18.0 Å². The Morgan fingerprint density at radius 3 is 3.04 bits per heavy atom. The fourth-order valence-electron chi connectivity index (χ4n) is 4.64. The molecular weight excluding hydrogens is 304 g/mol. The Balaban J connectivity index is 1.36. The summed E-state index contributed by atoms with van der Waals surface area (Å²) >= 11 is 0. The molecular formula is C18H28N4O2. The van der Waals surface area contributed by atoms with Gasteiger partial charge in [0, 0.05) is 30.9 Å². The minimum atomic E-state index is 0.274. The van der Waals surface area contributed by atoms with Crippen molar-refractivity contribution in [3.63, 3.8) is 0 Å². The molecule has 132 valence electrons. The summed E-state index contributed by atoms with van der Waals surface area (Å²) in [6, 6.07) is 2.37. The molecule has 0 spiro atoms. The number of H-pyrrole nitrogens is 1. The molecule has 1 aliphatic carbocycles. The van der Waals surface area contributed by atoms with Crippen molar-refractivity contribution in [3.8, 4) is 0 Å². The smallest absolute Gasteiger partial charge is 0.237 e. The summed E-state index contributed by atoms with van der Waals surface area (Å²) in [7, 11) is 0. The largest absolute Gasteiger partial charge is 0.374 e. The highest BCUT2D eigenvalue weighted by molar-refractivity contribution is 5.78. The standard InChI is InChI=1S/C18H28N4O2/c23-18(22-10-11-24-17-6-2-1-5-16(17)22)13-21-9-3-4-14(12-21)15-7-8-19-20-15/h7-8,14,16-17H,1-6,9-13H2,(H,19,20). The van der Waals surface area contributed by atoms with Crippen LogP contribution in [0.2, 0.25) is 0 Å². The quantitative estimate of drug-likeness (QED) is 0.916. The number of hydrogen-bond acceptors (Lipinski definition) is 4. The first-order valence-electron chi connectivity index (χ1n) is 9.44. The van der Waals surface area contributed by atoms with Gasteiger partial charge in [-0.25, -0.2) is 0 Å². The fraction of sp³-hybridized carbons (Fsp3) is 0.778. The predicted molar refractivity (Wildman–Crippen MR) is 90.7 cm³/mol. The molecule has 4 rings (SSSR count). The summed E-state index contributed by atoms with van der Waals surface area (Å²) in [6.07, 6.45) is 9.09. The van der Waals surface area contributed by atoms with Crippen LogP contribution < -0.4 is 0 Å². The number of aromatic nitrogens is 2. The van der Waals surface area contributed by atoms with E-state index in [0.717, 1.165) is 38.9 Å². The Morgan fingerprint density at radius 2 is 2.17 bits per heavy atom. The van der Waals surface area contributed by atoms with Crippen LogP contribution in [0.15, 0.2) is 12.3 Å². The van der Waals surface area contributed by atoms with Gasteiger partial charge in [-0.15, -0.1) is 0 Å². The van der Waals surface area contributed by atoms with Crippen molar-refractivity contribution in [2.24, 2.45) is 0 Å². The van der Waals surface area contributed by atoms with Gasteiger partial charge in [-0.1, -0.05) is 12.8 Å². The summed E-state index contributed by atoms with van der Waals surface area (Å²) in [4.78, 5) is 17.4. The monoisotopic (exact) mass is 332 g/mol. The highest BCUT2D eigenvalue weighted by atomic mass is 16.5. The zero-order chi connectivity index (χ0) is 16.4. The second-order valence-corrected chi connectivity index (χ2v) is 7.43. The minimum absolute atomic E-state index is 0.274. The summed E-state index contributed by atoms with van der Waals surface area (Å²) in [5, 5.41) is 7.16. The highest BCUT2D eigenvalue weighted by Gasteiger charge is 2.37. The molecule has 6 nitrogen and oxygen atoms in total. The molecule has 24 heavy (non-hydrogen) atoms. The summed E-state index contributed by atoms with van der Waals surface area (Å²) in [5.41, 5.74) is 1.20. The molecule has 3 unspecified atom stereocenters. The van der Waals surface area contributed by atoms with E-state index in [2.05, 4.69) is 26.1 Å². The Kier molecular flexibility index (Phi) is 4.85. The number of fused-ring (bicyclic) bond motifs is 1. The molecule has 0 aromatic carbocycles. The number of carbonyl (C=O) groups is 1. The summed E-state index contributed by atoms with van der Waals surface area (Å²) in [5.74, 6) is 0.765. The molecule has 3 aliphatic rings. The van der Waals surface area contributed by atoms with Gasteiger partial charge in [-0.2, -0.15) is 5.10 Å². The van der Waals surface area contributed by atoms with Gasteiger partial charge in [0.15, 0.2) is 0 Å². The lowest BCUT2D eigenvalue weighted by atomic mass is 9.90. The van der Waals surface area contributed by atoms with E-state index in [0.29, 0.717) is 31.0 Å². The maximum absolute atomic E-state index is 12.9. The van der Waals surface area contributed by atoms with Gasteiger partial charge in [0.1, 0.15) is 0 Å². The third kappa shape index (κ3) is 3.35. The number of piperidine rings is 1. The van der Waals surface area contributed by atoms with Crippen LogP contribution in [0.1, 0.15) is 50.1 Å². The van der Waals surface area contributed by atoms with Crippen molar-refractivity contribution >= 4 is 5.91 Å². The number of nitrogens with zero attached hydrogens (tertiary/aromatic N) is 3. The van der Waals surface area contributed by atoms with Crippen LogP contribution in [-0.4, -0.2) is 70.8 Å². The van der Waals surface area contributed by atoms with Crippen molar-refractivity contribution in [2.45, 2.75) is 56.6 Å². The summed E-state index contributed by atoms with van der Waals surface area (Å²) < 4.78 is 5.90. The topological polar surface area (TPSA) is 61.5 Å². The first-order valence-corrected chi connectivity index (χ1v) is 9.44. The van der Waals surface area contributed by atoms with E-state index >= 15 is 0 Å². The van der Waals surface area contributed by atoms with Crippen LogP contribution in [0.4, 0.5) is 0 Å². The first kappa shape index (κ1) is 16.1. The average molecular weight is 332 g/mol. The lowest BCUT2D eigenvalue weighted by Gasteiger charge is -2.44. The number of likely N-dealkylation sites (tertiary alicyclic amines) is 1. The van der Waals surface area contributed by atoms with E-state index in [1.165, 1.54) is 25.0 Å². The van der Waals surface area contributed by atoms with Crippen LogP contribution in [0.5, 0.6) is 0 Å². The van der Waals surface area contributed by atoms with Gasteiger partial charge in [0.05, 0.1) is 25.3 Å². The minimum Gasteiger partial charge on any atom is -0.374 e. The zero-order valence-electron chi connectivity index (χ0n) is 14.3. The van der Waals surface area contributed by atoms with Gasteiger partial charge in [-0.3, -0.25) is 14.8 Å². The van der Waals surface area contributed by atoms with Crippen molar-refractivity contribution in [1.29, 1.82) is 0 Å². The second-order valence-electron chi connectivity index (χ2n) is 7.43. The van der Waals surface area contributed by atoms with Crippen molar-refractivity contribution < 1.29 is 9.53 Å². The molecule has 1 amide bonds. The normalized spacial score (nSPS) is 31.7. The van der Waals surface area contributed by atoms with Crippen molar-refractivity contribution in [1.82, 2.24) is 20.0 Å². The van der Waals surface area contributed by atoms with Gasteiger partial charge >= 0.3 is 0 Å². The maximum Gasteiger partial charge on any atom is 0.237 e. The number of carbonyl (C=O) groups excluding carboxylic acids is 1. The molecule has 1 aromatic rings.